The van der Waals surface area contributed by atoms with E-state index >= 15 is 0 Å². The van der Waals surface area contributed by atoms with Crippen molar-refractivity contribution in [2.24, 2.45) is 0 Å². The molecule has 1 atom stereocenters. The van der Waals surface area contributed by atoms with E-state index in [1.54, 1.807) is 7.11 Å². The van der Waals surface area contributed by atoms with Crippen LogP contribution in [0.5, 0.6) is 5.75 Å². The summed E-state index contributed by atoms with van der Waals surface area (Å²) >= 11 is 0. The molecule has 0 aliphatic rings. The highest BCUT2D eigenvalue weighted by molar-refractivity contribution is 6.06. The van der Waals surface area contributed by atoms with Gasteiger partial charge in [0.25, 0.3) is 5.91 Å². The minimum atomic E-state index is -0.0406. The third kappa shape index (κ3) is 4.01. The number of anilines is 1. The van der Waals surface area contributed by atoms with Crippen LogP contribution in [-0.4, -0.2) is 19.1 Å². The van der Waals surface area contributed by atoms with E-state index in [0.717, 1.165) is 24.3 Å². The van der Waals surface area contributed by atoms with Gasteiger partial charge in [-0.25, -0.2) is 0 Å². The largest absolute Gasteiger partial charge is 0.497 e. The predicted molar refractivity (Wildman–Crippen MR) is 95.1 cm³/mol. The van der Waals surface area contributed by atoms with E-state index in [9.17, 15) is 4.79 Å². The summed E-state index contributed by atoms with van der Waals surface area (Å²) in [6.07, 6.45) is 3.69. The summed E-state index contributed by atoms with van der Waals surface area (Å²) in [7, 11) is 1.63. The smallest absolute Gasteiger partial charge is 0.258 e. The van der Waals surface area contributed by atoms with Gasteiger partial charge in [-0.1, -0.05) is 37.6 Å². The van der Waals surface area contributed by atoms with Crippen molar-refractivity contribution in [2.45, 2.75) is 25.8 Å². The highest BCUT2D eigenvalue weighted by atomic mass is 16.5. The average Bonchev–Trinajstić information content (AvgIpc) is 2.62. The molecule has 0 radical (unpaired) electrons. The van der Waals surface area contributed by atoms with Crippen LogP contribution < -0.4 is 9.64 Å². The van der Waals surface area contributed by atoms with Crippen molar-refractivity contribution in [2.75, 3.05) is 12.0 Å². The number of nitrogens with zero attached hydrogens (tertiary/aromatic N) is 1. The molecular weight excluding hydrogens is 286 g/mol. The molecule has 0 fully saturated rings. The van der Waals surface area contributed by atoms with Gasteiger partial charge in [0.05, 0.1) is 13.2 Å². The van der Waals surface area contributed by atoms with Crippen LogP contribution in [0.15, 0.2) is 67.3 Å². The lowest BCUT2D eigenvalue weighted by molar-refractivity contribution is 0.0980. The van der Waals surface area contributed by atoms with Crippen LogP contribution in [0.2, 0.25) is 0 Å². The molecule has 0 aliphatic heterocycles. The summed E-state index contributed by atoms with van der Waals surface area (Å²) < 4.78 is 5.20. The zero-order valence-electron chi connectivity index (χ0n) is 13.7. The molecule has 2 aromatic carbocycles. The van der Waals surface area contributed by atoms with Crippen molar-refractivity contribution in [3.63, 3.8) is 0 Å². The number of methoxy groups -OCH3 is 1. The Kier molecular flexibility index (Phi) is 5.98. The number of amides is 1. The summed E-state index contributed by atoms with van der Waals surface area (Å²) in [6, 6.07) is 16.9. The summed E-state index contributed by atoms with van der Waals surface area (Å²) in [5.74, 6) is 0.751. The molecule has 0 spiro atoms. The molecule has 0 aliphatic carbocycles. The van der Waals surface area contributed by atoms with Crippen LogP contribution in [0.4, 0.5) is 5.69 Å². The number of ether oxygens (including phenoxy) is 1. The molecule has 1 unspecified atom stereocenters. The van der Waals surface area contributed by atoms with Crippen molar-refractivity contribution in [3.8, 4) is 5.75 Å². The maximum Gasteiger partial charge on any atom is 0.258 e. The standard InChI is InChI=1S/C20H23NO2/c1-4-9-17(5-2)21(18-12-14-19(23-3)15-13-18)20(22)16-10-7-6-8-11-16/h5-8,10-15,17H,2,4,9H2,1,3H3. The average molecular weight is 309 g/mol. The molecule has 3 nitrogen and oxygen atoms in total. The Labute approximate surface area is 138 Å². The number of benzene rings is 2. The number of carbonyl (C=O) groups is 1. The molecule has 0 N–H and O–H groups in total. The Morgan fingerprint density at radius 2 is 1.83 bits per heavy atom. The van der Waals surface area contributed by atoms with Crippen LogP contribution in [0.25, 0.3) is 0 Å². The molecule has 3 heteroatoms. The highest BCUT2D eigenvalue weighted by Crippen LogP contribution is 2.25. The molecule has 2 aromatic rings. The zero-order chi connectivity index (χ0) is 16.7. The van der Waals surface area contributed by atoms with Gasteiger partial charge in [0, 0.05) is 11.3 Å². The molecule has 23 heavy (non-hydrogen) atoms. The second kappa shape index (κ2) is 8.18. The molecule has 1 amide bonds. The second-order valence-electron chi connectivity index (χ2n) is 5.33. The van der Waals surface area contributed by atoms with Gasteiger partial charge in [0.15, 0.2) is 0 Å². The lowest BCUT2D eigenvalue weighted by Crippen LogP contribution is -2.39. The first-order valence-electron chi connectivity index (χ1n) is 7.86. The molecule has 120 valence electrons. The van der Waals surface area contributed by atoms with Crippen LogP contribution >= 0.6 is 0 Å². The van der Waals surface area contributed by atoms with E-state index in [-0.39, 0.29) is 11.9 Å². The molecule has 0 bridgehead atoms. The topological polar surface area (TPSA) is 29.5 Å². The second-order valence-corrected chi connectivity index (χ2v) is 5.33. The van der Waals surface area contributed by atoms with Crippen LogP contribution in [-0.2, 0) is 0 Å². The zero-order valence-corrected chi connectivity index (χ0v) is 13.7. The molecule has 0 saturated carbocycles. The van der Waals surface area contributed by atoms with E-state index in [4.69, 9.17) is 4.74 Å². The van der Waals surface area contributed by atoms with Gasteiger partial charge in [-0.2, -0.15) is 0 Å². The van der Waals surface area contributed by atoms with E-state index < -0.39 is 0 Å². The van der Waals surface area contributed by atoms with Crippen molar-refractivity contribution >= 4 is 11.6 Å². The molecule has 0 aromatic heterocycles. The van der Waals surface area contributed by atoms with Crippen molar-refractivity contribution in [1.82, 2.24) is 0 Å². The van der Waals surface area contributed by atoms with Gasteiger partial charge in [-0.05, 0) is 42.8 Å². The maximum atomic E-state index is 13.0. The number of rotatable bonds is 7. The van der Waals surface area contributed by atoms with Gasteiger partial charge in [-0.3, -0.25) is 4.79 Å². The summed E-state index contributed by atoms with van der Waals surface area (Å²) in [6.45, 7) is 6.02. The fourth-order valence-electron chi connectivity index (χ4n) is 2.57. The maximum absolute atomic E-state index is 13.0. The third-order valence-corrected chi connectivity index (χ3v) is 3.78. The minimum absolute atomic E-state index is 0.0193. The van der Waals surface area contributed by atoms with Crippen molar-refractivity contribution < 1.29 is 9.53 Å². The van der Waals surface area contributed by atoms with Crippen LogP contribution in [0, 0.1) is 0 Å². The van der Waals surface area contributed by atoms with Gasteiger partial charge in [-0.15, -0.1) is 6.58 Å². The normalized spacial score (nSPS) is 11.6. The Morgan fingerprint density at radius 1 is 1.17 bits per heavy atom. The summed E-state index contributed by atoms with van der Waals surface area (Å²) in [5.41, 5.74) is 1.52. The van der Waals surface area contributed by atoms with E-state index in [2.05, 4.69) is 13.5 Å². The first kappa shape index (κ1) is 16.8. The van der Waals surface area contributed by atoms with Crippen LogP contribution in [0.3, 0.4) is 0 Å². The molecular formula is C20H23NO2. The quantitative estimate of drug-likeness (QED) is 0.694. The molecule has 0 saturated heterocycles. The molecule has 0 heterocycles. The van der Waals surface area contributed by atoms with Crippen molar-refractivity contribution in [1.29, 1.82) is 0 Å². The Bertz CT molecular complexity index is 634. The fourth-order valence-corrected chi connectivity index (χ4v) is 2.57. The van der Waals surface area contributed by atoms with Gasteiger partial charge >= 0.3 is 0 Å². The lowest BCUT2D eigenvalue weighted by Gasteiger charge is -2.30. The predicted octanol–water partition coefficient (Wildman–Crippen LogP) is 4.70. The molecule has 2 rings (SSSR count). The van der Waals surface area contributed by atoms with Gasteiger partial charge in [0.1, 0.15) is 5.75 Å². The van der Waals surface area contributed by atoms with E-state index in [1.165, 1.54) is 0 Å². The Balaban J connectivity index is 2.41. The third-order valence-electron chi connectivity index (χ3n) is 3.78. The minimum Gasteiger partial charge on any atom is -0.497 e. The highest BCUT2D eigenvalue weighted by Gasteiger charge is 2.23. The summed E-state index contributed by atoms with van der Waals surface area (Å²) in [4.78, 5) is 14.8. The lowest BCUT2D eigenvalue weighted by atomic mass is 10.1. The fraction of sp³-hybridized carbons (Fsp3) is 0.250. The van der Waals surface area contributed by atoms with E-state index in [1.807, 2.05) is 65.6 Å². The van der Waals surface area contributed by atoms with Gasteiger partial charge < -0.3 is 9.64 Å². The Hall–Kier alpha value is -2.55. The number of hydrogen-bond acceptors (Lipinski definition) is 2. The number of hydrogen-bond donors (Lipinski definition) is 0. The number of carbonyl (C=O) groups excluding carboxylic acids is 1. The summed E-state index contributed by atoms with van der Waals surface area (Å²) in [5, 5.41) is 0. The first-order valence-corrected chi connectivity index (χ1v) is 7.86. The SMILES string of the molecule is C=CC(CCC)N(C(=O)c1ccccc1)c1ccc(OC)cc1. The van der Waals surface area contributed by atoms with Crippen LogP contribution in [0.1, 0.15) is 30.1 Å². The van der Waals surface area contributed by atoms with E-state index in [0.29, 0.717) is 5.56 Å². The monoisotopic (exact) mass is 309 g/mol. The van der Waals surface area contributed by atoms with Gasteiger partial charge in [0.2, 0.25) is 0 Å². The Morgan fingerprint density at radius 3 is 2.35 bits per heavy atom. The first-order chi connectivity index (χ1) is 11.2. The van der Waals surface area contributed by atoms with Crippen molar-refractivity contribution in [3.05, 3.63) is 72.8 Å².